The Kier molecular flexibility index (Phi) is 8.44. The number of hydrogen-bond acceptors (Lipinski definition) is 6. The van der Waals surface area contributed by atoms with Gasteiger partial charge in [0.2, 0.25) is 5.91 Å². The van der Waals surface area contributed by atoms with Crippen LogP contribution in [0.4, 0.5) is 5.69 Å². The number of benzene rings is 2. The smallest absolute Gasteiger partial charge is 0.269 e. The van der Waals surface area contributed by atoms with Gasteiger partial charge in [0.25, 0.3) is 17.7 Å². The van der Waals surface area contributed by atoms with E-state index in [0.29, 0.717) is 36.6 Å². The van der Waals surface area contributed by atoms with Gasteiger partial charge in [0.05, 0.1) is 20.3 Å². The molecule has 0 atom stereocenters. The molecule has 10 heteroatoms. The van der Waals surface area contributed by atoms with Crippen LogP contribution >= 0.6 is 0 Å². The van der Waals surface area contributed by atoms with Crippen molar-refractivity contribution in [2.45, 2.75) is 26.2 Å². The van der Waals surface area contributed by atoms with E-state index in [9.17, 15) is 19.2 Å². The molecule has 3 N–H and O–H groups in total. The maximum atomic E-state index is 12.3. The maximum Gasteiger partial charge on any atom is 0.269 e. The van der Waals surface area contributed by atoms with Gasteiger partial charge in [-0.3, -0.25) is 30.0 Å². The summed E-state index contributed by atoms with van der Waals surface area (Å²) in [5.74, 6) is -0.612. The van der Waals surface area contributed by atoms with Gasteiger partial charge in [0.1, 0.15) is 0 Å². The number of rotatable bonds is 9. The van der Waals surface area contributed by atoms with Gasteiger partial charge in [-0.2, -0.15) is 0 Å². The predicted octanol–water partition coefficient (Wildman–Crippen LogP) is 1.80. The molecular weight excluding hydrogens is 440 g/mol. The molecule has 1 aliphatic rings. The second kappa shape index (κ2) is 11.7. The summed E-state index contributed by atoms with van der Waals surface area (Å²) in [6.45, 7) is 2.83. The summed E-state index contributed by atoms with van der Waals surface area (Å²) in [5.41, 5.74) is 5.91. The van der Waals surface area contributed by atoms with E-state index in [4.69, 9.17) is 9.47 Å². The van der Waals surface area contributed by atoms with Gasteiger partial charge >= 0.3 is 0 Å². The fourth-order valence-corrected chi connectivity index (χ4v) is 3.36. The van der Waals surface area contributed by atoms with Gasteiger partial charge in [0.15, 0.2) is 11.5 Å². The van der Waals surface area contributed by atoms with E-state index in [1.807, 2.05) is 6.92 Å². The third-order valence-electron chi connectivity index (χ3n) is 5.13. The number of nitrogens with zero attached hydrogens (tertiary/aromatic N) is 1. The Hall–Kier alpha value is -4.08. The summed E-state index contributed by atoms with van der Waals surface area (Å²) in [5, 5.41) is 2.49. The second-order valence-corrected chi connectivity index (χ2v) is 7.59. The highest BCUT2D eigenvalue weighted by Gasteiger charge is 2.21. The summed E-state index contributed by atoms with van der Waals surface area (Å²) >= 11 is 0. The first kappa shape index (κ1) is 24.6. The number of carbonyl (C=O) groups excluding carboxylic acids is 4. The van der Waals surface area contributed by atoms with Gasteiger partial charge in [0, 0.05) is 29.8 Å². The number of anilines is 1. The third-order valence-corrected chi connectivity index (χ3v) is 5.13. The number of carbonyl (C=O) groups is 4. The highest BCUT2D eigenvalue weighted by Crippen LogP contribution is 2.28. The molecule has 34 heavy (non-hydrogen) atoms. The van der Waals surface area contributed by atoms with Crippen LogP contribution in [0.5, 0.6) is 11.5 Å². The van der Waals surface area contributed by atoms with Gasteiger partial charge in [-0.1, -0.05) is 6.92 Å². The summed E-state index contributed by atoms with van der Waals surface area (Å²) in [6.07, 6.45) is 2.18. The lowest BCUT2D eigenvalue weighted by Gasteiger charge is -2.15. The molecule has 0 aromatic heterocycles. The predicted molar refractivity (Wildman–Crippen MR) is 125 cm³/mol. The van der Waals surface area contributed by atoms with E-state index in [1.54, 1.807) is 41.3 Å². The van der Waals surface area contributed by atoms with Crippen molar-refractivity contribution in [3.63, 3.8) is 0 Å². The molecule has 4 amide bonds. The molecule has 180 valence electrons. The van der Waals surface area contributed by atoms with Crippen LogP contribution in [0.25, 0.3) is 0 Å². The zero-order valence-corrected chi connectivity index (χ0v) is 19.2. The molecule has 0 unspecified atom stereocenters. The second-order valence-electron chi connectivity index (χ2n) is 7.59. The van der Waals surface area contributed by atoms with E-state index in [1.165, 1.54) is 13.2 Å². The zero-order valence-electron chi connectivity index (χ0n) is 19.2. The number of hydrazine groups is 1. The Morgan fingerprint density at radius 3 is 2.35 bits per heavy atom. The van der Waals surface area contributed by atoms with Crippen molar-refractivity contribution >= 4 is 29.3 Å². The average molecular weight is 469 g/mol. The van der Waals surface area contributed by atoms with Crippen LogP contribution in [0.15, 0.2) is 42.5 Å². The number of amides is 4. The molecular formula is C24H28N4O6. The van der Waals surface area contributed by atoms with Crippen molar-refractivity contribution in [3.05, 3.63) is 53.6 Å². The van der Waals surface area contributed by atoms with Crippen molar-refractivity contribution in [3.8, 4) is 11.5 Å². The van der Waals surface area contributed by atoms with Crippen LogP contribution < -0.4 is 30.5 Å². The molecule has 1 aliphatic heterocycles. The SMILES string of the molecule is CCCOc1ccc(C(=O)NNC(=O)CNC(=O)c2ccc(N3CCCC3=O)cc2)cc1OC. The molecule has 1 saturated heterocycles. The first-order valence-corrected chi connectivity index (χ1v) is 11.0. The van der Waals surface area contributed by atoms with Gasteiger partial charge in [-0.05, 0) is 55.3 Å². The van der Waals surface area contributed by atoms with E-state index in [-0.39, 0.29) is 18.0 Å². The minimum atomic E-state index is -0.601. The van der Waals surface area contributed by atoms with Crippen LogP contribution in [-0.4, -0.2) is 50.4 Å². The first-order valence-electron chi connectivity index (χ1n) is 11.0. The molecule has 0 spiro atoms. The Labute approximate surface area is 197 Å². The van der Waals surface area contributed by atoms with Gasteiger partial charge < -0.3 is 19.7 Å². The molecule has 0 bridgehead atoms. The maximum absolute atomic E-state index is 12.3. The summed E-state index contributed by atoms with van der Waals surface area (Å²) < 4.78 is 10.8. The lowest BCUT2D eigenvalue weighted by Crippen LogP contribution is -2.46. The fourth-order valence-electron chi connectivity index (χ4n) is 3.36. The molecule has 2 aromatic carbocycles. The minimum Gasteiger partial charge on any atom is -0.493 e. The third kappa shape index (κ3) is 6.25. The van der Waals surface area contributed by atoms with E-state index in [2.05, 4.69) is 16.2 Å². The molecule has 3 rings (SSSR count). The fraction of sp³-hybridized carbons (Fsp3) is 0.333. The molecule has 0 radical (unpaired) electrons. The molecule has 0 saturated carbocycles. The van der Waals surface area contributed by atoms with Crippen LogP contribution in [0.3, 0.4) is 0 Å². The summed E-state index contributed by atoms with van der Waals surface area (Å²) in [4.78, 5) is 50.2. The van der Waals surface area contributed by atoms with Crippen LogP contribution in [0, 0.1) is 0 Å². The number of ether oxygens (including phenoxy) is 2. The van der Waals surface area contributed by atoms with Crippen LogP contribution in [0.2, 0.25) is 0 Å². The van der Waals surface area contributed by atoms with Crippen molar-refractivity contribution in [1.29, 1.82) is 0 Å². The Balaban J connectivity index is 1.46. The van der Waals surface area contributed by atoms with E-state index < -0.39 is 17.7 Å². The molecule has 0 aliphatic carbocycles. The summed E-state index contributed by atoms with van der Waals surface area (Å²) in [7, 11) is 1.47. The minimum absolute atomic E-state index is 0.0649. The summed E-state index contributed by atoms with van der Waals surface area (Å²) in [6, 6.07) is 11.3. The van der Waals surface area contributed by atoms with Crippen molar-refractivity contribution in [1.82, 2.24) is 16.2 Å². The monoisotopic (exact) mass is 468 g/mol. The van der Waals surface area contributed by atoms with Crippen molar-refractivity contribution < 1.29 is 28.7 Å². The normalized spacial score (nSPS) is 12.8. The molecule has 2 aromatic rings. The first-order chi connectivity index (χ1) is 16.4. The highest BCUT2D eigenvalue weighted by atomic mass is 16.5. The average Bonchev–Trinajstić information content (AvgIpc) is 3.30. The van der Waals surface area contributed by atoms with Crippen molar-refractivity contribution in [2.75, 3.05) is 31.7 Å². The largest absolute Gasteiger partial charge is 0.493 e. The Morgan fingerprint density at radius 1 is 0.971 bits per heavy atom. The van der Waals surface area contributed by atoms with Crippen LogP contribution in [-0.2, 0) is 9.59 Å². The highest BCUT2D eigenvalue weighted by molar-refractivity contribution is 5.99. The standard InChI is InChI=1S/C24H28N4O6/c1-3-13-34-19-11-8-17(14-20(19)33-2)24(32)27-26-21(29)15-25-23(31)16-6-9-18(10-7-16)28-12-4-5-22(28)30/h6-11,14H,3-5,12-13,15H2,1-2H3,(H,25,31)(H,26,29)(H,27,32). The van der Waals surface area contributed by atoms with Gasteiger partial charge in [-0.15, -0.1) is 0 Å². The zero-order chi connectivity index (χ0) is 24.5. The quantitative estimate of drug-likeness (QED) is 0.482. The topological polar surface area (TPSA) is 126 Å². The van der Waals surface area contributed by atoms with Crippen LogP contribution in [0.1, 0.15) is 46.9 Å². The molecule has 10 nitrogen and oxygen atoms in total. The molecule has 1 fully saturated rings. The lowest BCUT2D eigenvalue weighted by molar-refractivity contribution is -0.121. The van der Waals surface area contributed by atoms with Crippen molar-refractivity contribution in [2.24, 2.45) is 0 Å². The number of methoxy groups -OCH3 is 1. The number of hydrogen-bond donors (Lipinski definition) is 3. The van der Waals surface area contributed by atoms with E-state index in [0.717, 1.165) is 18.5 Å². The Morgan fingerprint density at radius 2 is 1.71 bits per heavy atom. The van der Waals surface area contributed by atoms with Gasteiger partial charge in [-0.25, -0.2) is 0 Å². The number of nitrogens with one attached hydrogen (secondary N) is 3. The molecule has 1 heterocycles. The lowest BCUT2D eigenvalue weighted by atomic mass is 10.2. The Bertz CT molecular complexity index is 1050. The van der Waals surface area contributed by atoms with E-state index >= 15 is 0 Å².